The summed E-state index contributed by atoms with van der Waals surface area (Å²) in [4.78, 5) is 0.413. The third-order valence-electron chi connectivity index (χ3n) is 4.30. The average Bonchev–Trinajstić information content (AvgIpc) is 2.96. The van der Waals surface area contributed by atoms with E-state index in [1.807, 2.05) is 0 Å². The van der Waals surface area contributed by atoms with Gasteiger partial charge >= 0.3 is 18.3 Å². The lowest BCUT2D eigenvalue weighted by Gasteiger charge is -2.39. The molecule has 4 unspecified atom stereocenters. The van der Waals surface area contributed by atoms with Crippen LogP contribution in [-0.4, -0.2) is 66.6 Å². The molecule has 27 heavy (non-hydrogen) atoms. The van der Waals surface area contributed by atoms with Crippen molar-refractivity contribution in [3.63, 3.8) is 0 Å². The normalized spacial score (nSPS) is 22.6. The molecule has 0 amide bonds. The van der Waals surface area contributed by atoms with E-state index in [-0.39, 0.29) is 32.9 Å². The molecule has 1 saturated heterocycles. The molecular formula is C14H18F11NO. The predicted octanol–water partition coefficient (Wildman–Crippen LogP) is 4.98. The number of rotatable bonds is 7. The van der Waals surface area contributed by atoms with Gasteiger partial charge in [0.15, 0.2) is 6.04 Å². The van der Waals surface area contributed by atoms with Crippen LogP contribution in [-0.2, 0) is 4.74 Å². The second-order valence-corrected chi connectivity index (χ2v) is 6.36. The van der Waals surface area contributed by atoms with Crippen LogP contribution in [0.15, 0.2) is 0 Å². The highest BCUT2D eigenvalue weighted by Crippen LogP contribution is 2.43. The van der Waals surface area contributed by atoms with Crippen LogP contribution in [0.3, 0.4) is 0 Å². The molecule has 4 atom stereocenters. The van der Waals surface area contributed by atoms with Crippen molar-refractivity contribution in [3.8, 4) is 0 Å². The molecule has 13 heteroatoms. The highest BCUT2D eigenvalue weighted by molar-refractivity contribution is 4.97. The Morgan fingerprint density at radius 1 is 0.704 bits per heavy atom. The van der Waals surface area contributed by atoms with E-state index in [2.05, 4.69) is 4.74 Å². The molecule has 0 spiro atoms. The fourth-order valence-corrected chi connectivity index (χ4v) is 2.80. The van der Waals surface area contributed by atoms with Crippen LogP contribution >= 0.6 is 0 Å². The molecule has 0 aromatic rings. The lowest BCUT2D eigenvalue weighted by Crippen LogP contribution is -2.61. The van der Waals surface area contributed by atoms with Gasteiger partial charge in [-0.05, 0) is 39.8 Å². The number of ether oxygens (including phenoxy) is 1. The van der Waals surface area contributed by atoms with Gasteiger partial charge in [0, 0.05) is 0 Å². The van der Waals surface area contributed by atoms with E-state index in [4.69, 9.17) is 0 Å². The Kier molecular flexibility index (Phi) is 7.06. The minimum atomic E-state index is -6.00. The molecule has 1 heterocycles. The van der Waals surface area contributed by atoms with Gasteiger partial charge in [-0.1, -0.05) is 0 Å². The van der Waals surface area contributed by atoms with Crippen molar-refractivity contribution in [1.82, 2.24) is 4.90 Å². The Morgan fingerprint density at radius 3 is 1.48 bits per heavy atom. The summed E-state index contributed by atoms with van der Waals surface area (Å²) in [6.45, 7) is -0.136. The molecule has 1 aliphatic rings. The second-order valence-electron chi connectivity index (χ2n) is 6.36. The van der Waals surface area contributed by atoms with Gasteiger partial charge in [-0.25, -0.2) is 22.0 Å². The van der Waals surface area contributed by atoms with E-state index in [1.165, 1.54) is 0 Å². The molecular weight excluding hydrogens is 407 g/mol. The number of hydrogen-bond donors (Lipinski definition) is 0. The fourth-order valence-electron chi connectivity index (χ4n) is 2.80. The first-order chi connectivity index (χ1) is 11.9. The van der Waals surface area contributed by atoms with Gasteiger partial charge in [0.25, 0.3) is 12.1 Å². The summed E-state index contributed by atoms with van der Waals surface area (Å²) >= 11 is 0. The number of alkyl halides is 11. The van der Waals surface area contributed by atoms with Gasteiger partial charge in [0.05, 0.1) is 0 Å². The summed E-state index contributed by atoms with van der Waals surface area (Å²) in [7, 11) is 0. The van der Waals surface area contributed by atoms with Gasteiger partial charge in [0.1, 0.15) is 12.2 Å². The van der Waals surface area contributed by atoms with Gasteiger partial charge in [-0.15, -0.1) is 0 Å². The first-order valence-corrected chi connectivity index (χ1v) is 7.86. The largest absolute Gasteiger partial charge is 0.425 e. The predicted molar refractivity (Wildman–Crippen MR) is 71.5 cm³/mol. The van der Waals surface area contributed by atoms with E-state index >= 15 is 0 Å². The molecule has 1 rings (SSSR count). The van der Waals surface area contributed by atoms with Crippen molar-refractivity contribution < 1.29 is 53.0 Å². The van der Waals surface area contributed by atoms with Crippen LogP contribution in [0.5, 0.6) is 0 Å². The number of nitrogens with zero attached hydrogens (tertiary/aromatic N) is 1. The Bertz CT molecular complexity index is 484. The zero-order chi connectivity index (χ0) is 21.4. The zero-order valence-corrected chi connectivity index (χ0v) is 14.2. The maximum atomic E-state index is 14.4. The maximum absolute atomic E-state index is 14.4. The molecule has 0 radical (unpaired) electrons. The lowest BCUT2D eigenvalue weighted by molar-refractivity contribution is -0.302. The van der Waals surface area contributed by atoms with E-state index in [0.717, 1.165) is 0 Å². The summed E-state index contributed by atoms with van der Waals surface area (Å²) in [6.07, 6.45) is -21.7. The third kappa shape index (κ3) is 5.36. The Morgan fingerprint density at radius 2 is 1.11 bits per heavy atom. The van der Waals surface area contributed by atoms with E-state index in [1.54, 1.807) is 0 Å². The van der Waals surface area contributed by atoms with Gasteiger partial charge in [0.2, 0.25) is 0 Å². The molecule has 0 N–H and O–H groups in total. The molecule has 0 bridgehead atoms. The minimum absolute atomic E-state index is 0.184. The van der Waals surface area contributed by atoms with Crippen LogP contribution in [0.25, 0.3) is 0 Å². The quantitative estimate of drug-likeness (QED) is 0.534. The Labute approximate surface area is 147 Å². The van der Waals surface area contributed by atoms with Crippen LogP contribution < -0.4 is 0 Å². The number of hydrogen-bond acceptors (Lipinski definition) is 2. The lowest BCUT2D eigenvalue weighted by atomic mass is 10.0. The van der Waals surface area contributed by atoms with E-state index < -0.39 is 48.6 Å². The molecule has 162 valence electrons. The third-order valence-corrected chi connectivity index (χ3v) is 4.30. The first-order valence-electron chi connectivity index (χ1n) is 7.86. The van der Waals surface area contributed by atoms with Gasteiger partial charge in [-0.3, -0.25) is 4.90 Å². The van der Waals surface area contributed by atoms with Crippen LogP contribution in [0.4, 0.5) is 48.3 Å². The Hall–Kier alpha value is -0.850. The Balaban J connectivity index is 3.02. The monoisotopic (exact) mass is 425 g/mol. The zero-order valence-electron chi connectivity index (χ0n) is 14.2. The minimum Gasteiger partial charge on any atom is -0.363 e. The SMILES string of the molecule is CC(OC(C)C(F)(F)C(N1CCCC1)C(F)(F)F)C(F)(F)C(F)C(F)(F)F. The molecule has 0 aromatic heterocycles. The summed E-state index contributed by atoms with van der Waals surface area (Å²) < 4.78 is 149. The van der Waals surface area contributed by atoms with Crippen molar-refractivity contribution in [1.29, 1.82) is 0 Å². The molecule has 1 aliphatic heterocycles. The standard InChI is InChI=1S/C14H18F11NO/c1-7(11(16,17)9(15)13(20,21)22)27-8(2)12(18,19)10(14(23,24)25)26-5-3-4-6-26/h7-10H,3-6H2,1-2H3. The van der Waals surface area contributed by atoms with Crippen molar-refractivity contribution in [2.45, 2.75) is 75.3 Å². The molecule has 0 aromatic carbocycles. The van der Waals surface area contributed by atoms with Gasteiger partial charge < -0.3 is 4.74 Å². The maximum Gasteiger partial charge on any atom is 0.425 e. The smallest absolute Gasteiger partial charge is 0.363 e. The fraction of sp³-hybridized carbons (Fsp3) is 1.00. The van der Waals surface area contributed by atoms with E-state index in [9.17, 15) is 48.3 Å². The average molecular weight is 425 g/mol. The highest BCUT2D eigenvalue weighted by Gasteiger charge is 2.64. The molecule has 2 nitrogen and oxygen atoms in total. The molecule has 0 aliphatic carbocycles. The van der Waals surface area contributed by atoms with Gasteiger partial charge in [-0.2, -0.15) is 26.3 Å². The summed E-state index contributed by atoms with van der Waals surface area (Å²) in [5, 5.41) is 0. The highest BCUT2D eigenvalue weighted by atomic mass is 19.4. The summed E-state index contributed by atoms with van der Waals surface area (Å²) in [6, 6.07) is -3.37. The molecule has 0 saturated carbocycles. The van der Waals surface area contributed by atoms with Crippen molar-refractivity contribution >= 4 is 0 Å². The number of likely N-dealkylation sites (tertiary alicyclic amines) is 1. The van der Waals surface area contributed by atoms with Crippen molar-refractivity contribution in [3.05, 3.63) is 0 Å². The summed E-state index contributed by atoms with van der Waals surface area (Å²) in [5.74, 6) is -10.0. The van der Waals surface area contributed by atoms with Crippen molar-refractivity contribution in [2.75, 3.05) is 13.1 Å². The second kappa shape index (κ2) is 7.88. The van der Waals surface area contributed by atoms with Crippen LogP contribution in [0, 0.1) is 0 Å². The van der Waals surface area contributed by atoms with E-state index in [0.29, 0.717) is 11.8 Å². The van der Waals surface area contributed by atoms with Crippen molar-refractivity contribution in [2.24, 2.45) is 0 Å². The molecule has 1 fully saturated rings. The van der Waals surface area contributed by atoms with Crippen LogP contribution in [0.2, 0.25) is 0 Å². The number of halogens is 11. The topological polar surface area (TPSA) is 12.5 Å². The first kappa shape index (κ1) is 24.2. The summed E-state index contributed by atoms with van der Waals surface area (Å²) in [5.41, 5.74) is 0. The van der Waals surface area contributed by atoms with Crippen LogP contribution in [0.1, 0.15) is 26.7 Å².